The predicted octanol–water partition coefficient (Wildman–Crippen LogP) is 0.719. The summed E-state index contributed by atoms with van der Waals surface area (Å²) in [5, 5.41) is 0. The van der Waals surface area contributed by atoms with E-state index >= 15 is 0 Å². The third-order valence-electron chi connectivity index (χ3n) is 0. The van der Waals surface area contributed by atoms with Gasteiger partial charge in [-0.3, -0.25) is 0 Å². The van der Waals surface area contributed by atoms with Gasteiger partial charge in [0.15, 0.2) is 0 Å². The fourth-order valence-corrected chi connectivity index (χ4v) is 0. The van der Waals surface area contributed by atoms with Crippen molar-refractivity contribution in [1.82, 2.24) is 0 Å². The molecule has 0 saturated carbocycles. The summed E-state index contributed by atoms with van der Waals surface area (Å²) < 4.78 is 0. The summed E-state index contributed by atoms with van der Waals surface area (Å²) in [6.45, 7) is 5.00. The van der Waals surface area contributed by atoms with Crippen LogP contribution >= 0.6 is 0 Å². The Balaban J connectivity index is -0.00000000500. The summed E-state index contributed by atoms with van der Waals surface area (Å²) in [6, 6.07) is 0. The van der Waals surface area contributed by atoms with Crippen LogP contribution in [0.4, 0.5) is 0 Å². The van der Waals surface area contributed by atoms with Crippen molar-refractivity contribution in [3.05, 3.63) is 6.92 Å². The maximum Gasteiger partial charge on any atom is 2.00 e. The normalized spacial score (nSPS) is 1.50. The minimum Gasteiger partial charge on any atom is -2.00 e. The van der Waals surface area contributed by atoms with Gasteiger partial charge in [0.05, 0.1) is 0 Å². The third-order valence-corrected chi connectivity index (χ3v) is 0. The van der Waals surface area contributed by atoms with E-state index in [1.54, 1.807) is 6.92 Å². The molecule has 0 saturated heterocycles. The second kappa shape index (κ2) is 70.3. The Bertz CT molecular complexity index is 6.00. The SMILES string of the molecule is [CH2-]C.[O-2].[Zn+2]. The Morgan fingerprint density at radius 3 is 1.25 bits per heavy atom. The van der Waals surface area contributed by atoms with E-state index in [9.17, 15) is 0 Å². The zero-order valence-corrected chi connectivity index (χ0v) is 5.79. The Morgan fingerprint density at radius 1 is 1.25 bits per heavy atom. The van der Waals surface area contributed by atoms with Gasteiger partial charge in [-0.05, 0) is 0 Å². The molecule has 0 heterocycles. The molecule has 0 atom stereocenters. The van der Waals surface area contributed by atoms with Crippen LogP contribution in [0.3, 0.4) is 0 Å². The van der Waals surface area contributed by atoms with E-state index in [2.05, 4.69) is 6.92 Å². The van der Waals surface area contributed by atoms with Crippen LogP contribution in [-0.4, -0.2) is 0 Å². The smallest absolute Gasteiger partial charge is 2.00 e. The zero-order valence-electron chi connectivity index (χ0n) is 2.82. The fraction of sp³-hybridized carbons (Fsp3) is 0.500. The molecule has 0 radical (unpaired) electrons. The molecule has 0 aromatic carbocycles. The molecule has 0 N–H and O–H groups in total. The van der Waals surface area contributed by atoms with Gasteiger partial charge in [0.1, 0.15) is 0 Å². The Hall–Kier alpha value is 0.583. The Morgan fingerprint density at radius 2 is 1.25 bits per heavy atom. The van der Waals surface area contributed by atoms with Crippen LogP contribution in [0.2, 0.25) is 0 Å². The van der Waals surface area contributed by atoms with Gasteiger partial charge in [0.2, 0.25) is 0 Å². The molecule has 0 fully saturated rings. The van der Waals surface area contributed by atoms with Crippen LogP contribution < -0.4 is 0 Å². The van der Waals surface area contributed by atoms with Crippen molar-refractivity contribution in [2.24, 2.45) is 0 Å². The Kier molecular flexibility index (Phi) is 412. The second-order valence-electron chi connectivity index (χ2n) is 0. The van der Waals surface area contributed by atoms with Gasteiger partial charge in [-0.25, -0.2) is 0 Å². The van der Waals surface area contributed by atoms with Crippen LogP contribution in [-0.2, 0) is 25.0 Å². The second-order valence-corrected chi connectivity index (χ2v) is 0. The number of rotatable bonds is 0. The maximum atomic E-state index is 3.25. The van der Waals surface area contributed by atoms with Crippen LogP contribution in [0, 0.1) is 6.92 Å². The van der Waals surface area contributed by atoms with Crippen molar-refractivity contribution in [3.8, 4) is 0 Å². The molecule has 0 aliphatic heterocycles. The average molecular weight is 110 g/mol. The molecule has 0 unspecified atom stereocenters. The molecule has 0 amide bonds. The first-order chi connectivity index (χ1) is 1.00. The topological polar surface area (TPSA) is 28.5 Å². The number of hydrogen-bond acceptors (Lipinski definition) is 0. The fourth-order valence-electron chi connectivity index (χ4n) is 0. The van der Waals surface area contributed by atoms with E-state index < -0.39 is 0 Å². The first kappa shape index (κ1) is 23.5. The summed E-state index contributed by atoms with van der Waals surface area (Å²) in [6.07, 6.45) is 0. The van der Waals surface area contributed by atoms with E-state index in [1.807, 2.05) is 0 Å². The maximum absolute atomic E-state index is 3.25. The monoisotopic (exact) mass is 109 g/mol. The summed E-state index contributed by atoms with van der Waals surface area (Å²) in [7, 11) is 0. The standard InChI is InChI=1S/C2H5.O.Zn/c1-2;;/h1H2,2H3;;/q-1;-2;+2. The van der Waals surface area contributed by atoms with Crippen molar-refractivity contribution in [2.75, 3.05) is 0 Å². The minimum atomic E-state index is 0. The molecular formula is C2H5OZn-. The molecule has 0 rings (SSSR count). The minimum absolute atomic E-state index is 0. The van der Waals surface area contributed by atoms with E-state index in [1.165, 1.54) is 0 Å². The van der Waals surface area contributed by atoms with Gasteiger partial charge in [-0.15, -0.1) is 0 Å². The molecule has 0 spiro atoms. The van der Waals surface area contributed by atoms with Gasteiger partial charge in [0.25, 0.3) is 0 Å². The molecule has 0 aliphatic rings. The number of hydrogen-bond donors (Lipinski definition) is 0. The summed E-state index contributed by atoms with van der Waals surface area (Å²) in [5.74, 6) is 0. The summed E-state index contributed by atoms with van der Waals surface area (Å²) in [4.78, 5) is 0. The predicted molar refractivity (Wildman–Crippen MR) is 11.7 cm³/mol. The largest absolute Gasteiger partial charge is 2.00 e. The molecule has 0 aromatic heterocycles. The summed E-state index contributed by atoms with van der Waals surface area (Å²) >= 11 is 0. The molecule has 2 heteroatoms. The van der Waals surface area contributed by atoms with Crippen LogP contribution in [0.25, 0.3) is 0 Å². The van der Waals surface area contributed by atoms with Gasteiger partial charge < -0.3 is 12.4 Å². The van der Waals surface area contributed by atoms with E-state index in [0.717, 1.165) is 0 Å². The molecule has 4 heavy (non-hydrogen) atoms. The van der Waals surface area contributed by atoms with Gasteiger partial charge in [-0.1, -0.05) is 0 Å². The molecule has 1 nitrogen and oxygen atoms in total. The first-order valence-electron chi connectivity index (χ1n) is 0.707. The van der Waals surface area contributed by atoms with Crippen molar-refractivity contribution in [2.45, 2.75) is 6.92 Å². The van der Waals surface area contributed by atoms with E-state index in [0.29, 0.717) is 0 Å². The van der Waals surface area contributed by atoms with Crippen molar-refractivity contribution in [3.63, 3.8) is 0 Å². The Labute approximate surface area is 39.5 Å². The summed E-state index contributed by atoms with van der Waals surface area (Å²) in [5.41, 5.74) is 0. The molecular weight excluding hydrogens is 105 g/mol. The van der Waals surface area contributed by atoms with Crippen LogP contribution in [0.15, 0.2) is 0 Å². The molecule has 0 bridgehead atoms. The van der Waals surface area contributed by atoms with E-state index in [4.69, 9.17) is 0 Å². The zero-order chi connectivity index (χ0) is 2.00. The average Bonchev–Trinajstić information content (AvgIpc) is 1.00. The van der Waals surface area contributed by atoms with Crippen molar-refractivity contribution < 1.29 is 25.0 Å². The quantitative estimate of drug-likeness (QED) is 0.325. The molecule has 22 valence electrons. The van der Waals surface area contributed by atoms with Gasteiger partial charge in [-0.2, -0.15) is 6.92 Å². The third kappa shape index (κ3) is 19.0. The molecule has 0 aliphatic carbocycles. The van der Waals surface area contributed by atoms with Crippen molar-refractivity contribution >= 4 is 0 Å². The van der Waals surface area contributed by atoms with E-state index in [-0.39, 0.29) is 25.0 Å². The van der Waals surface area contributed by atoms with Gasteiger partial charge >= 0.3 is 19.5 Å². The van der Waals surface area contributed by atoms with Crippen LogP contribution in [0.5, 0.6) is 0 Å². The van der Waals surface area contributed by atoms with Gasteiger partial charge in [0, 0.05) is 0 Å². The molecule has 0 aromatic rings. The first-order valence-corrected chi connectivity index (χ1v) is 0.707. The van der Waals surface area contributed by atoms with Crippen LogP contribution in [0.1, 0.15) is 6.92 Å². The van der Waals surface area contributed by atoms with Crippen molar-refractivity contribution in [1.29, 1.82) is 0 Å².